The van der Waals surface area contributed by atoms with Gasteiger partial charge < -0.3 is 5.32 Å². The maximum absolute atomic E-state index is 3.76. The van der Waals surface area contributed by atoms with Crippen LogP contribution in [0.5, 0.6) is 0 Å². The molecule has 19 heavy (non-hydrogen) atoms. The Kier molecular flexibility index (Phi) is 5.21. The van der Waals surface area contributed by atoms with Crippen molar-refractivity contribution in [3.63, 3.8) is 0 Å². The third kappa shape index (κ3) is 3.70. The first-order valence-electron chi connectivity index (χ1n) is 7.72. The molecule has 0 aliphatic heterocycles. The van der Waals surface area contributed by atoms with Gasteiger partial charge in [-0.25, -0.2) is 0 Å². The third-order valence-corrected chi connectivity index (χ3v) is 4.04. The van der Waals surface area contributed by atoms with E-state index in [1.165, 1.54) is 48.8 Å². The van der Waals surface area contributed by atoms with Crippen molar-refractivity contribution in [2.45, 2.75) is 58.9 Å². The maximum atomic E-state index is 3.76. The molecule has 1 nitrogen and oxygen atoms in total. The summed E-state index contributed by atoms with van der Waals surface area (Å²) in [6, 6.07) is 7.26. The highest BCUT2D eigenvalue weighted by molar-refractivity contribution is 5.38. The Morgan fingerprint density at radius 2 is 2.05 bits per heavy atom. The molecule has 0 aromatic heterocycles. The van der Waals surface area contributed by atoms with Crippen molar-refractivity contribution in [2.75, 3.05) is 6.54 Å². The smallest absolute Gasteiger partial charge is 0.0538 e. The van der Waals surface area contributed by atoms with E-state index in [1.807, 2.05) is 0 Å². The van der Waals surface area contributed by atoms with Crippen molar-refractivity contribution in [3.05, 3.63) is 46.5 Å². The summed E-state index contributed by atoms with van der Waals surface area (Å²) in [4.78, 5) is 0. The summed E-state index contributed by atoms with van der Waals surface area (Å²) < 4.78 is 0. The van der Waals surface area contributed by atoms with Gasteiger partial charge in [0, 0.05) is 0 Å². The minimum atomic E-state index is 0.431. The Morgan fingerprint density at radius 3 is 2.74 bits per heavy atom. The lowest BCUT2D eigenvalue weighted by Crippen LogP contribution is -2.25. The highest BCUT2D eigenvalue weighted by atomic mass is 14.9. The number of benzene rings is 1. The summed E-state index contributed by atoms with van der Waals surface area (Å²) in [5.74, 6) is 0. The Hall–Kier alpha value is -1.08. The van der Waals surface area contributed by atoms with Gasteiger partial charge in [0.15, 0.2) is 0 Å². The third-order valence-electron chi connectivity index (χ3n) is 4.04. The molecule has 0 radical (unpaired) electrons. The largest absolute Gasteiger partial charge is 0.307 e. The highest BCUT2D eigenvalue weighted by Gasteiger charge is 2.19. The Morgan fingerprint density at radius 1 is 1.21 bits per heavy atom. The SMILES string of the molecule is CCCNC(C1=CCCCC1)c1cc(C)ccc1C. The molecule has 1 aliphatic carbocycles. The van der Waals surface area contributed by atoms with E-state index in [0.717, 1.165) is 6.54 Å². The van der Waals surface area contributed by atoms with E-state index in [2.05, 4.69) is 50.4 Å². The average Bonchev–Trinajstić information content (AvgIpc) is 2.44. The van der Waals surface area contributed by atoms with Crippen molar-refractivity contribution in [2.24, 2.45) is 0 Å². The Bertz CT molecular complexity index is 445. The molecular weight excluding hydrogens is 230 g/mol. The molecule has 0 saturated carbocycles. The predicted octanol–water partition coefficient (Wildman–Crippen LogP) is 4.84. The zero-order chi connectivity index (χ0) is 13.7. The zero-order valence-electron chi connectivity index (χ0n) is 12.6. The fourth-order valence-corrected chi connectivity index (χ4v) is 2.93. The van der Waals surface area contributed by atoms with Crippen molar-refractivity contribution >= 4 is 0 Å². The van der Waals surface area contributed by atoms with Crippen LogP contribution in [0.4, 0.5) is 0 Å². The maximum Gasteiger partial charge on any atom is 0.0538 e. The van der Waals surface area contributed by atoms with Crippen LogP contribution < -0.4 is 5.32 Å². The summed E-state index contributed by atoms with van der Waals surface area (Å²) in [6.45, 7) is 7.76. The van der Waals surface area contributed by atoms with E-state index in [9.17, 15) is 0 Å². The minimum absolute atomic E-state index is 0.431. The fraction of sp³-hybridized carbons (Fsp3) is 0.556. The quantitative estimate of drug-likeness (QED) is 0.744. The molecule has 0 heterocycles. The van der Waals surface area contributed by atoms with Crippen LogP contribution in [0.1, 0.15) is 61.8 Å². The van der Waals surface area contributed by atoms with Gasteiger partial charge in [-0.2, -0.15) is 0 Å². The van der Waals surface area contributed by atoms with Gasteiger partial charge in [-0.1, -0.05) is 42.3 Å². The van der Waals surface area contributed by atoms with E-state index in [-0.39, 0.29) is 0 Å². The van der Waals surface area contributed by atoms with Gasteiger partial charge in [-0.3, -0.25) is 0 Å². The lowest BCUT2D eigenvalue weighted by atomic mass is 9.87. The normalized spacial score (nSPS) is 17.1. The molecule has 1 heteroatoms. The van der Waals surface area contributed by atoms with Crippen LogP contribution in [-0.4, -0.2) is 6.54 Å². The predicted molar refractivity (Wildman–Crippen MR) is 83.5 cm³/mol. The second-order valence-corrected chi connectivity index (χ2v) is 5.77. The second-order valence-electron chi connectivity index (χ2n) is 5.77. The number of hydrogen-bond donors (Lipinski definition) is 1. The average molecular weight is 257 g/mol. The van der Waals surface area contributed by atoms with Gasteiger partial charge >= 0.3 is 0 Å². The van der Waals surface area contributed by atoms with Gasteiger partial charge in [0.2, 0.25) is 0 Å². The topological polar surface area (TPSA) is 12.0 Å². The lowest BCUT2D eigenvalue weighted by molar-refractivity contribution is 0.545. The van der Waals surface area contributed by atoms with Crippen molar-refractivity contribution in [1.82, 2.24) is 5.32 Å². The number of nitrogens with one attached hydrogen (secondary N) is 1. The first-order chi connectivity index (χ1) is 9.22. The molecule has 1 aromatic carbocycles. The molecular formula is C18H27N. The minimum Gasteiger partial charge on any atom is -0.307 e. The van der Waals surface area contributed by atoms with Crippen LogP contribution in [0, 0.1) is 13.8 Å². The van der Waals surface area contributed by atoms with E-state index in [0.29, 0.717) is 6.04 Å². The summed E-state index contributed by atoms with van der Waals surface area (Å²) in [5, 5.41) is 3.76. The molecule has 1 aliphatic rings. The Balaban J connectivity index is 2.30. The molecule has 2 rings (SSSR count). The summed E-state index contributed by atoms with van der Waals surface area (Å²) >= 11 is 0. The van der Waals surface area contributed by atoms with Crippen molar-refractivity contribution < 1.29 is 0 Å². The number of aryl methyl sites for hydroxylation is 2. The Labute approximate surface area is 118 Å². The van der Waals surface area contributed by atoms with Gasteiger partial charge in [0.1, 0.15) is 0 Å². The molecule has 1 aromatic rings. The molecule has 0 saturated heterocycles. The molecule has 0 spiro atoms. The molecule has 0 bridgehead atoms. The zero-order valence-corrected chi connectivity index (χ0v) is 12.6. The van der Waals surface area contributed by atoms with Crippen LogP contribution in [0.3, 0.4) is 0 Å². The van der Waals surface area contributed by atoms with Gasteiger partial charge in [0.25, 0.3) is 0 Å². The van der Waals surface area contributed by atoms with Gasteiger partial charge in [0.05, 0.1) is 6.04 Å². The number of hydrogen-bond acceptors (Lipinski definition) is 1. The van der Waals surface area contributed by atoms with Crippen molar-refractivity contribution in [1.29, 1.82) is 0 Å². The first-order valence-corrected chi connectivity index (χ1v) is 7.72. The standard InChI is InChI=1S/C18H27N/c1-4-12-19-18(16-8-6-5-7-9-16)17-13-14(2)10-11-15(17)3/h8,10-11,13,18-19H,4-7,9,12H2,1-3H3. The van der Waals surface area contributed by atoms with Crippen LogP contribution in [0.2, 0.25) is 0 Å². The summed E-state index contributed by atoms with van der Waals surface area (Å²) in [5.41, 5.74) is 5.85. The van der Waals surface area contributed by atoms with E-state index >= 15 is 0 Å². The lowest BCUT2D eigenvalue weighted by Gasteiger charge is -2.26. The molecule has 0 amide bonds. The molecule has 104 valence electrons. The molecule has 1 atom stereocenters. The van der Waals surface area contributed by atoms with Crippen LogP contribution >= 0.6 is 0 Å². The summed E-state index contributed by atoms with van der Waals surface area (Å²) in [7, 11) is 0. The van der Waals surface area contributed by atoms with Crippen LogP contribution in [0.15, 0.2) is 29.8 Å². The first kappa shape index (κ1) is 14.3. The van der Waals surface area contributed by atoms with E-state index < -0.39 is 0 Å². The fourth-order valence-electron chi connectivity index (χ4n) is 2.93. The highest BCUT2D eigenvalue weighted by Crippen LogP contribution is 2.31. The van der Waals surface area contributed by atoms with Crippen LogP contribution in [-0.2, 0) is 0 Å². The van der Waals surface area contributed by atoms with Gasteiger partial charge in [-0.05, 0) is 63.6 Å². The van der Waals surface area contributed by atoms with Gasteiger partial charge in [-0.15, -0.1) is 0 Å². The molecule has 1 unspecified atom stereocenters. The monoisotopic (exact) mass is 257 g/mol. The molecule has 1 N–H and O–H groups in total. The second kappa shape index (κ2) is 6.91. The van der Waals surface area contributed by atoms with E-state index in [1.54, 1.807) is 5.57 Å². The van der Waals surface area contributed by atoms with Crippen LogP contribution in [0.25, 0.3) is 0 Å². The molecule has 0 fully saturated rings. The summed E-state index contributed by atoms with van der Waals surface area (Å²) in [6.07, 6.45) is 8.88. The van der Waals surface area contributed by atoms with E-state index in [4.69, 9.17) is 0 Å². The van der Waals surface area contributed by atoms with Crippen molar-refractivity contribution in [3.8, 4) is 0 Å². The number of rotatable bonds is 5. The number of allylic oxidation sites excluding steroid dienone is 1.